The smallest absolute Gasteiger partial charge is 0.234 e. The molecule has 0 aromatic rings. The molecule has 0 aliphatic heterocycles. The highest BCUT2D eigenvalue weighted by molar-refractivity contribution is 6.71. The van der Waals surface area contributed by atoms with Crippen molar-refractivity contribution in [1.82, 2.24) is 0 Å². The maximum Gasteiger partial charge on any atom is 0.234 e. The fourth-order valence-electron chi connectivity index (χ4n) is 1.62. The van der Waals surface area contributed by atoms with Gasteiger partial charge in [-0.1, -0.05) is 25.7 Å². The Morgan fingerprint density at radius 1 is 1.22 bits per heavy atom. The van der Waals surface area contributed by atoms with Crippen LogP contribution in [0.3, 0.4) is 0 Å². The third-order valence-corrected chi connectivity index (χ3v) is 4.88. The molecular weight excluding hydrogens is 128 g/mol. The minimum Gasteiger partial charge on any atom is -0.298 e. The molecule has 1 rings (SSSR count). The molecule has 1 fully saturated rings. The molecule has 0 atom stereocenters. The highest BCUT2D eigenvalue weighted by Crippen LogP contribution is 2.37. The van der Waals surface area contributed by atoms with Crippen molar-refractivity contribution in [2.75, 3.05) is 0 Å². The van der Waals surface area contributed by atoms with E-state index < -0.39 is 8.32 Å². The second-order valence-corrected chi connectivity index (χ2v) is 7.61. The summed E-state index contributed by atoms with van der Waals surface area (Å²) >= 11 is 0. The van der Waals surface area contributed by atoms with Crippen LogP contribution in [0.25, 0.3) is 0 Å². The van der Waals surface area contributed by atoms with Crippen molar-refractivity contribution in [1.29, 1.82) is 0 Å². The van der Waals surface area contributed by atoms with E-state index in [1.54, 1.807) is 0 Å². The van der Waals surface area contributed by atoms with Crippen LogP contribution in [0.15, 0.2) is 0 Å². The van der Waals surface area contributed by atoms with E-state index in [2.05, 4.69) is 0 Å². The zero-order valence-corrected chi connectivity index (χ0v) is 7.31. The molecule has 0 N–H and O–H groups in total. The fourth-order valence-corrected chi connectivity index (χ4v) is 3.42. The summed E-state index contributed by atoms with van der Waals surface area (Å²) in [6.07, 6.45) is 5.07. The van der Waals surface area contributed by atoms with E-state index in [1.807, 2.05) is 13.1 Å². The first kappa shape index (κ1) is 7.29. The first-order valence-corrected chi connectivity index (χ1v) is 6.79. The van der Waals surface area contributed by atoms with Gasteiger partial charge in [-0.3, -0.25) is 4.80 Å². The van der Waals surface area contributed by atoms with Crippen molar-refractivity contribution < 1.29 is 4.80 Å². The van der Waals surface area contributed by atoms with Gasteiger partial charge in [-0.05, 0) is 18.6 Å². The molecule has 1 radical (unpaired) electrons. The fraction of sp³-hybridized carbons (Fsp3) is 1.00. The van der Waals surface area contributed by atoms with Crippen LogP contribution in [-0.2, 0) is 4.80 Å². The number of rotatable bonds is 1. The van der Waals surface area contributed by atoms with Crippen molar-refractivity contribution in [3.63, 3.8) is 0 Å². The largest absolute Gasteiger partial charge is 0.298 e. The van der Waals surface area contributed by atoms with Crippen LogP contribution in [0, 0.1) is 0 Å². The lowest BCUT2D eigenvalue weighted by atomic mass is 10.4. The normalized spacial score (nSPS) is 23.0. The zero-order valence-electron chi connectivity index (χ0n) is 6.31. The molecule has 9 heavy (non-hydrogen) atoms. The molecule has 1 aliphatic rings. The first-order chi connectivity index (χ1) is 4.11. The molecule has 0 unspecified atom stereocenters. The van der Waals surface area contributed by atoms with Crippen molar-refractivity contribution in [3.8, 4) is 0 Å². The summed E-state index contributed by atoms with van der Waals surface area (Å²) in [6.45, 7) is 3.89. The second kappa shape index (κ2) is 2.43. The summed E-state index contributed by atoms with van der Waals surface area (Å²) < 4.78 is 0. The molecule has 1 nitrogen and oxygen atoms in total. The van der Waals surface area contributed by atoms with Crippen molar-refractivity contribution >= 4 is 8.32 Å². The Labute approximate surface area is 58.2 Å². The predicted molar refractivity (Wildman–Crippen MR) is 40.4 cm³/mol. The minimum absolute atomic E-state index is 0.595. The number of hydrogen-bond acceptors (Lipinski definition) is 0. The standard InChI is InChI=1S/C7H15OSi/c1-9(2,8)7-5-3-4-6-7/h7H,3-6H2,1-2H3. The third-order valence-electron chi connectivity index (χ3n) is 2.34. The summed E-state index contributed by atoms with van der Waals surface area (Å²) in [5.74, 6) is 0. The Kier molecular flexibility index (Phi) is 1.96. The SMILES string of the molecule is C[Si](C)([O])C1CCCC1. The molecule has 0 saturated heterocycles. The first-order valence-electron chi connectivity index (χ1n) is 3.81. The van der Waals surface area contributed by atoms with Crippen LogP contribution in [0.4, 0.5) is 0 Å². The van der Waals surface area contributed by atoms with E-state index in [4.69, 9.17) is 0 Å². The minimum atomic E-state index is -1.97. The van der Waals surface area contributed by atoms with Crippen molar-refractivity contribution in [3.05, 3.63) is 0 Å². The highest BCUT2D eigenvalue weighted by atomic mass is 28.4. The summed E-state index contributed by atoms with van der Waals surface area (Å²) in [4.78, 5) is 11.4. The summed E-state index contributed by atoms with van der Waals surface area (Å²) in [5, 5.41) is 0. The molecule has 0 aromatic heterocycles. The molecule has 0 heterocycles. The van der Waals surface area contributed by atoms with Gasteiger partial charge in [-0.2, -0.15) is 0 Å². The van der Waals surface area contributed by atoms with Crippen LogP contribution in [0.2, 0.25) is 18.6 Å². The average Bonchev–Trinajstić information content (AvgIpc) is 2.08. The molecule has 0 spiro atoms. The van der Waals surface area contributed by atoms with Crippen LogP contribution in [0.5, 0.6) is 0 Å². The monoisotopic (exact) mass is 143 g/mol. The average molecular weight is 143 g/mol. The van der Waals surface area contributed by atoms with E-state index in [9.17, 15) is 4.80 Å². The van der Waals surface area contributed by atoms with Crippen LogP contribution in [0.1, 0.15) is 25.7 Å². The van der Waals surface area contributed by atoms with Gasteiger partial charge in [0.1, 0.15) is 0 Å². The Balaban J connectivity index is 2.42. The number of hydrogen-bond donors (Lipinski definition) is 0. The summed E-state index contributed by atoms with van der Waals surface area (Å²) in [7, 11) is -1.97. The molecule has 53 valence electrons. The zero-order chi connectivity index (χ0) is 6.91. The van der Waals surface area contributed by atoms with E-state index >= 15 is 0 Å². The maximum absolute atomic E-state index is 11.4. The van der Waals surface area contributed by atoms with Gasteiger partial charge in [0.25, 0.3) is 0 Å². The van der Waals surface area contributed by atoms with Crippen LogP contribution in [-0.4, -0.2) is 8.32 Å². The van der Waals surface area contributed by atoms with Gasteiger partial charge in [0.15, 0.2) is 0 Å². The quantitative estimate of drug-likeness (QED) is 0.503. The Morgan fingerprint density at radius 3 is 1.89 bits per heavy atom. The van der Waals surface area contributed by atoms with E-state index in [0.717, 1.165) is 0 Å². The second-order valence-electron chi connectivity index (χ2n) is 3.58. The van der Waals surface area contributed by atoms with Gasteiger partial charge in [-0.25, -0.2) is 0 Å². The molecular formula is C7H15OSi. The van der Waals surface area contributed by atoms with Crippen LogP contribution >= 0.6 is 0 Å². The van der Waals surface area contributed by atoms with Crippen molar-refractivity contribution in [2.45, 2.75) is 44.3 Å². The van der Waals surface area contributed by atoms with Crippen molar-refractivity contribution in [2.24, 2.45) is 0 Å². The molecule has 0 aromatic carbocycles. The van der Waals surface area contributed by atoms with Gasteiger partial charge >= 0.3 is 0 Å². The van der Waals surface area contributed by atoms with Crippen LogP contribution < -0.4 is 0 Å². The van der Waals surface area contributed by atoms with Gasteiger partial charge in [0.2, 0.25) is 8.32 Å². The predicted octanol–water partition coefficient (Wildman–Crippen LogP) is 2.57. The molecule has 0 amide bonds. The Morgan fingerprint density at radius 2 is 1.67 bits per heavy atom. The molecule has 0 bridgehead atoms. The lowest BCUT2D eigenvalue weighted by Crippen LogP contribution is -2.28. The lowest BCUT2D eigenvalue weighted by Gasteiger charge is -2.18. The lowest BCUT2D eigenvalue weighted by molar-refractivity contribution is 0.410. The topological polar surface area (TPSA) is 19.9 Å². The Hall–Kier alpha value is 0.177. The molecule has 1 aliphatic carbocycles. The van der Waals surface area contributed by atoms with E-state index in [1.165, 1.54) is 25.7 Å². The highest BCUT2D eigenvalue weighted by Gasteiger charge is 2.34. The van der Waals surface area contributed by atoms with Gasteiger partial charge < -0.3 is 0 Å². The van der Waals surface area contributed by atoms with Gasteiger partial charge in [0.05, 0.1) is 0 Å². The molecule has 2 heteroatoms. The summed E-state index contributed by atoms with van der Waals surface area (Å²) in [5.41, 5.74) is 0.595. The Bertz CT molecular complexity index is 89.6. The van der Waals surface area contributed by atoms with Gasteiger partial charge in [-0.15, -0.1) is 0 Å². The maximum atomic E-state index is 11.4. The summed E-state index contributed by atoms with van der Waals surface area (Å²) in [6, 6.07) is 0. The van der Waals surface area contributed by atoms with Gasteiger partial charge in [0, 0.05) is 0 Å². The third kappa shape index (κ3) is 1.80. The van der Waals surface area contributed by atoms with E-state index in [-0.39, 0.29) is 0 Å². The molecule has 1 saturated carbocycles. The van der Waals surface area contributed by atoms with E-state index in [0.29, 0.717) is 5.54 Å².